The number of hydrogen-bond donors (Lipinski definition) is 17. The second-order valence-corrected chi connectivity index (χ2v) is 26.8. The number of carbonyl (C=O) groups is 15. The average molecular weight is 1630 g/mol. The number of allylic oxidation sites excluding steroid dienone is 2. The summed E-state index contributed by atoms with van der Waals surface area (Å²) in [6.45, 7) is -6.08. The summed E-state index contributed by atoms with van der Waals surface area (Å²) in [4.78, 5) is 198. The summed E-state index contributed by atoms with van der Waals surface area (Å²) in [5.41, 5.74) is 0. The lowest BCUT2D eigenvalue weighted by Gasteiger charge is -2.48. The van der Waals surface area contributed by atoms with E-state index in [2.05, 4.69) is 26.6 Å². The molecule has 3 saturated heterocycles. The number of Topliss-reactive ketones (excluding diaryl/α,β-unsaturated/α-hetero) is 4. The lowest BCUT2D eigenvalue weighted by atomic mass is 9.95. The van der Waals surface area contributed by atoms with Crippen molar-refractivity contribution in [1.29, 1.82) is 0 Å². The second kappa shape index (κ2) is 51.6. The van der Waals surface area contributed by atoms with Crippen molar-refractivity contribution in [1.82, 2.24) is 36.4 Å². The van der Waals surface area contributed by atoms with Crippen molar-refractivity contribution in [3.8, 4) is 0 Å². The quantitative estimate of drug-likeness (QED) is 0.00884. The number of ketones is 4. The minimum atomic E-state index is -4.85. The summed E-state index contributed by atoms with van der Waals surface area (Å²) in [7, 11) is -4.85. The van der Waals surface area contributed by atoms with Crippen LogP contribution in [0, 0.1) is 0 Å². The molecule has 3 aliphatic heterocycles. The molecule has 8 unspecified atom stereocenters. The highest BCUT2D eigenvalue weighted by Gasteiger charge is 2.54. The van der Waals surface area contributed by atoms with Gasteiger partial charge in [0.2, 0.25) is 41.4 Å². The molecule has 0 aromatic heterocycles. The number of aliphatic hydroxyl groups excluding tert-OH is 9. The zero-order valence-electron chi connectivity index (χ0n) is 61.7. The van der Waals surface area contributed by atoms with Crippen LogP contribution < -0.4 is 26.6 Å². The number of esters is 2. The Labute approximate surface area is 640 Å². The van der Waals surface area contributed by atoms with Crippen LogP contribution in [0.3, 0.4) is 0 Å². The fraction of sp³-hybridized carbons (Fsp3) is 0.712. The minimum Gasteiger partial charge on any atom is -0.480 e. The number of carboxylic acid groups (broad SMARTS) is 2. The fourth-order valence-corrected chi connectivity index (χ4v) is 11.3. The van der Waals surface area contributed by atoms with Crippen LogP contribution in [0.25, 0.3) is 0 Å². The number of aliphatic hydroxyl groups is 9. The van der Waals surface area contributed by atoms with Gasteiger partial charge in [0, 0.05) is 58.5 Å². The summed E-state index contributed by atoms with van der Waals surface area (Å²) in [6.07, 6.45) is -24.2. The number of carbonyl (C=O) groups excluding carboxylic acids is 13. The predicted octanol–water partition coefficient (Wildman–Crippen LogP) is -8.03. The van der Waals surface area contributed by atoms with Crippen molar-refractivity contribution in [3.05, 3.63) is 24.3 Å². The van der Waals surface area contributed by atoms with E-state index in [4.69, 9.17) is 46.9 Å². The number of carboxylic acids is 2. The van der Waals surface area contributed by atoms with E-state index < -0.39 is 338 Å². The zero-order chi connectivity index (χ0) is 83.8. The lowest BCUT2D eigenvalue weighted by molar-refractivity contribution is -0.375. The summed E-state index contributed by atoms with van der Waals surface area (Å²) in [5.74, 6) is -14.0. The Balaban J connectivity index is 1.38. The van der Waals surface area contributed by atoms with Crippen LogP contribution in [0.1, 0.15) is 104 Å². The molecule has 0 aromatic rings. The smallest absolute Gasteiger partial charge is 0.472 e. The van der Waals surface area contributed by atoms with Gasteiger partial charge in [0.05, 0.1) is 78.7 Å². The number of rotatable bonds is 54. The predicted molar refractivity (Wildman–Crippen MR) is 369 cm³/mol. The molecule has 7 amide bonds. The molecule has 0 bridgehead atoms. The van der Waals surface area contributed by atoms with Crippen LogP contribution in [0.2, 0.25) is 0 Å². The molecule has 3 rings (SSSR count). The van der Waals surface area contributed by atoms with Gasteiger partial charge in [0.1, 0.15) is 106 Å². The number of ether oxygens (including phenoxy) is 8. The summed E-state index contributed by atoms with van der Waals surface area (Å²) in [6, 6.07) is -1.53. The van der Waals surface area contributed by atoms with E-state index >= 15 is 0 Å². The van der Waals surface area contributed by atoms with Crippen LogP contribution in [-0.4, -0.2) is 356 Å². The van der Waals surface area contributed by atoms with Crippen molar-refractivity contribution in [2.24, 2.45) is 0 Å². The van der Waals surface area contributed by atoms with Crippen LogP contribution in [0.15, 0.2) is 24.3 Å². The maximum absolute atomic E-state index is 13.1. The van der Waals surface area contributed by atoms with Crippen molar-refractivity contribution < 1.29 is 184 Å². The number of amides is 7. The van der Waals surface area contributed by atoms with Gasteiger partial charge >= 0.3 is 31.7 Å². The third-order valence-electron chi connectivity index (χ3n) is 16.2. The first-order chi connectivity index (χ1) is 53.0. The molecule has 3 heterocycles. The minimum absolute atomic E-state index is 0.0802. The van der Waals surface area contributed by atoms with Crippen molar-refractivity contribution in [2.45, 2.75) is 202 Å². The number of phosphoric acid groups is 1. The van der Waals surface area contributed by atoms with Gasteiger partial charge in [-0.2, -0.15) is 0 Å². The topological polar surface area (TPSA) is 675 Å². The Morgan fingerprint density at radius 3 is 1.45 bits per heavy atom. The van der Waals surface area contributed by atoms with Gasteiger partial charge in [0.25, 0.3) is 0 Å². The SMILES string of the molecule is CC/C=C\CC(=O)OCC(COP(=O)(O)OCCNC(=O)CC(=O)NCC(=O)CCC(=O)N(CC(=O)O)CC(=O)CCCC(=O)CN(CC(=O)O)C(=O)CCC(=O)CNC(=O)CC(=O)NCCO[C@@H]1OC(CO)[C@@H](O[C@@H]2OC(CO)[C@H](O)[C@H](O[C@@H]3OC(CO)[C@H](O)[C@H](O)C3O)C2O)[C@H](O)C1NC(C)=O)OC(=O)C/C=C\CC. The van der Waals surface area contributed by atoms with Crippen molar-refractivity contribution >= 4 is 96.2 Å². The number of aliphatic carboxylic acids is 2. The van der Waals surface area contributed by atoms with Gasteiger partial charge < -0.3 is 135 Å². The van der Waals surface area contributed by atoms with E-state index in [9.17, 15) is 138 Å². The Morgan fingerprint density at radius 2 is 0.955 bits per heavy atom. The molecule has 45 nitrogen and oxygen atoms in total. The summed E-state index contributed by atoms with van der Waals surface area (Å²) in [5, 5.41) is 125. The molecule has 46 heteroatoms. The molecular weight excluding hydrogens is 1530 g/mol. The molecule has 634 valence electrons. The highest BCUT2D eigenvalue weighted by Crippen LogP contribution is 2.43. The average Bonchev–Trinajstić information content (AvgIpc) is 0.741. The molecule has 17 atom stereocenters. The zero-order valence-corrected chi connectivity index (χ0v) is 62.6. The Hall–Kier alpha value is -8.16. The first kappa shape index (κ1) is 98.0. The molecule has 0 aromatic carbocycles. The Kier molecular flexibility index (Phi) is 45.1. The van der Waals surface area contributed by atoms with E-state index in [1.807, 2.05) is 13.8 Å². The van der Waals surface area contributed by atoms with E-state index in [0.717, 1.165) is 6.92 Å². The van der Waals surface area contributed by atoms with Crippen LogP contribution in [0.5, 0.6) is 0 Å². The molecule has 3 aliphatic rings. The normalized spacial score (nSPS) is 24.5. The molecule has 0 spiro atoms. The molecule has 3 fully saturated rings. The maximum atomic E-state index is 13.1. The van der Waals surface area contributed by atoms with E-state index in [-0.39, 0.29) is 25.8 Å². The molecule has 0 aliphatic carbocycles. The van der Waals surface area contributed by atoms with E-state index in [1.165, 1.54) is 6.08 Å². The molecule has 0 saturated carbocycles. The van der Waals surface area contributed by atoms with Gasteiger partial charge in [-0.15, -0.1) is 0 Å². The van der Waals surface area contributed by atoms with Gasteiger partial charge in [-0.25, -0.2) is 4.57 Å². The Morgan fingerprint density at radius 1 is 0.491 bits per heavy atom. The second-order valence-electron chi connectivity index (χ2n) is 25.4. The molecule has 0 radical (unpaired) electrons. The maximum Gasteiger partial charge on any atom is 0.472 e. The Bertz CT molecular complexity index is 3250. The largest absolute Gasteiger partial charge is 0.480 e. The van der Waals surface area contributed by atoms with Crippen molar-refractivity contribution in [2.75, 3.05) is 98.6 Å². The first-order valence-electron chi connectivity index (χ1n) is 35.4. The van der Waals surface area contributed by atoms with E-state index in [1.54, 1.807) is 18.2 Å². The van der Waals surface area contributed by atoms with E-state index in [0.29, 0.717) is 22.6 Å². The van der Waals surface area contributed by atoms with Gasteiger partial charge in [-0.05, 0) is 19.3 Å². The lowest BCUT2D eigenvalue weighted by Crippen LogP contribution is -2.68. The molecule has 17 N–H and O–H groups in total. The number of phosphoric ester groups is 1. The number of hydrogen-bond acceptors (Lipinski definition) is 35. The van der Waals surface area contributed by atoms with Crippen LogP contribution >= 0.6 is 7.82 Å². The van der Waals surface area contributed by atoms with Gasteiger partial charge in [-0.3, -0.25) is 81.0 Å². The highest BCUT2D eigenvalue weighted by atomic mass is 31.2. The fourth-order valence-electron chi connectivity index (χ4n) is 10.6. The van der Waals surface area contributed by atoms with Crippen molar-refractivity contribution in [3.63, 3.8) is 0 Å². The molecule has 112 heavy (non-hydrogen) atoms. The van der Waals surface area contributed by atoms with Crippen LogP contribution in [-0.2, 0) is 123 Å². The standard InChI is InChI=1S/C66H102N7O38P/c1-4-6-8-13-53(92)103-34-41(106-54(93)14-9-7-5-2)35-105-112(100,101)104-22-20-68-46(83)24-48(85)70-26-38(79)16-18-50(87)73(30-52(90)91)28-40(81)12-10-11-39(80)27-72(29-51(88)89)49(86)17-15-37(78)25-69-47(84)23-45(82)67-19-21-102-64-55(71-36(3)77)58(96)62(44(33-76)109-64)110-66-61(99)63(57(95)43(32-75)108-66)111-65-60(98)59(97)56(94)42(31-74)107-65/h6-9,41-44,55-66,74-76,94-99H,4-5,10-35H2,1-3H3,(H,67,82)(H,68,83)(H,69,84)(H,70,85)(H,71,77)(H,88,89)(H,90,91)(H,100,101)/b8-6-,9-7-/t41?,42?,43?,44?,55?,56-,57-,58+,59-,60?,61?,62+,63-,64+,65-,66-/m0/s1. The monoisotopic (exact) mass is 1630 g/mol. The van der Waals surface area contributed by atoms with Gasteiger partial charge in [-0.1, -0.05) is 38.2 Å². The summed E-state index contributed by atoms with van der Waals surface area (Å²) >= 11 is 0. The van der Waals surface area contributed by atoms with Gasteiger partial charge in [0.15, 0.2) is 48.1 Å². The number of nitrogens with zero attached hydrogens (tertiary/aromatic N) is 2. The first-order valence-corrected chi connectivity index (χ1v) is 36.9. The summed E-state index contributed by atoms with van der Waals surface area (Å²) < 4.78 is 66.2. The third-order valence-corrected chi connectivity index (χ3v) is 17.2. The number of nitrogens with one attached hydrogen (secondary N) is 5. The third kappa shape index (κ3) is 36.8. The molecular formula is C66H102N7O38P. The van der Waals surface area contributed by atoms with Crippen LogP contribution in [0.4, 0.5) is 0 Å². The highest BCUT2D eigenvalue weighted by molar-refractivity contribution is 7.47.